The molecule has 0 spiro atoms. The number of carbonyl (C=O) groups is 1. The lowest BCUT2D eigenvalue weighted by molar-refractivity contribution is -0.0132. The molecule has 0 aromatic carbocycles. The molecular formula is C21H25FN6O2. The number of fused-ring (bicyclic) bond motifs is 1. The van der Waals surface area contributed by atoms with Crippen molar-refractivity contribution >= 4 is 22.8 Å². The van der Waals surface area contributed by atoms with Gasteiger partial charge in [-0.2, -0.15) is 0 Å². The highest BCUT2D eigenvalue weighted by Gasteiger charge is 2.34. The van der Waals surface area contributed by atoms with E-state index in [1.54, 1.807) is 11.1 Å². The summed E-state index contributed by atoms with van der Waals surface area (Å²) in [5.41, 5.74) is 3.72. The first-order valence-corrected chi connectivity index (χ1v) is 10.3. The van der Waals surface area contributed by atoms with Crippen LogP contribution in [0.3, 0.4) is 0 Å². The van der Waals surface area contributed by atoms with Gasteiger partial charge < -0.3 is 24.1 Å². The second kappa shape index (κ2) is 7.30. The quantitative estimate of drug-likeness (QED) is 0.715. The molecular weight excluding hydrogens is 387 g/mol. The topological polar surface area (TPSA) is 79.3 Å². The smallest absolute Gasteiger partial charge is 0.410 e. The molecule has 8 nitrogen and oxygen atoms in total. The molecule has 1 aliphatic carbocycles. The van der Waals surface area contributed by atoms with Crippen LogP contribution in [0.2, 0.25) is 0 Å². The minimum absolute atomic E-state index is 0.265. The second-order valence-electron chi connectivity index (χ2n) is 8.11. The number of ether oxygens (including phenoxy) is 1. The number of nitrogens with zero attached hydrogens (tertiary/aromatic N) is 5. The Kier molecular flexibility index (Phi) is 4.60. The Morgan fingerprint density at radius 1 is 1.27 bits per heavy atom. The van der Waals surface area contributed by atoms with Crippen molar-refractivity contribution in [2.45, 2.75) is 32.0 Å². The zero-order valence-corrected chi connectivity index (χ0v) is 17.1. The lowest BCUT2D eigenvalue weighted by atomic mass is 9.94. The van der Waals surface area contributed by atoms with E-state index in [-0.39, 0.29) is 12.2 Å². The van der Waals surface area contributed by atoms with Gasteiger partial charge in [0.15, 0.2) is 0 Å². The Balaban J connectivity index is 1.30. The lowest BCUT2D eigenvalue weighted by Gasteiger charge is -2.37. The van der Waals surface area contributed by atoms with E-state index >= 15 is 0 Å². The molecule has 30 heavy (non-hydrogen) atoms. The maximum absolute atomic E-state index is 12.9. The minimum Gasteiger partial charge on any atom is -0.446 e. The summed E-state index contributed by atoms with van der Waals surface area (Å²) in [4.78, 5) is 28.7. The van der Waals surface area contributed by atoms with Crippen LogP contribution in [0, 0.1) is 6.92 Å². The number of anilines is 1. The van der Waals surface area contributed by atoms with E-state index < -0.39 is 6.17 Å². The van der Waals surface area contributed by atoms with Gasteiger partial charge in [-0.15, -0.1) is 0 Å². The van der Waals surface area contributed by atoms with Crippen molar-refractivity contribution in [1.82, 2.24) is 24.4 Å². The van der Waals surface area contributed by atoms with Crippen molar-refractivity contribution in [2.75, 3.05) is 31.1 Å². The van der Waals surface area contributed by atoms with Gasteiger partial charge in [0.1, 0.15) is 29.4 Å². The fourth-order valence-corrected chi connectivity index (χ4v) is 4.06. The highest BCUT2D eigenvalue weighted by atomic mass is 19.1. The average molecular weight is 412 g/mol. The maximum atomic E-state index is 12.9. The number of alkyl halides is 1. The normalized spacial score (nSPS) is 21.7. The van der Waals surface area contributed by atoms with Crippen LogP contribution in [-0.2, 0) is 11.8 Å². The third kappa shape index (κ3) is 3.38. The number of halogens is 1. The molecule has 5 rings (SSSR count). The van der Waals surface area contributed by atoms with Crippen molar-refractivity contribution in [3.8, 4) is 11.4 Å². The number of rotatable bonds is 3. The SMILES string of the molecule is Cc1nc(-c2cc3c(N4CCN(C(=O)OC5CC(F)C5)CC4)ccnc3[nH]2)cn1C. The third-order valence-corrected chi connectivity index (χ3v) is 6.08. The van der Waals surface area contributed by atoms with Gasteiger partial charge in [0.05, 0.1) is 5.69 Å². The van der Waals surface area contributed by atoms with Crippen molar-refractivity contribution in [1.29, 1.82) is 0 Å². The highest BCUT2D eigenvalue weighted by Crippen LogP contribution is 2.31. The fraction of sp³-hybridized carbons (Fsp3) is 0.476. The molecule has 1 saturated heterocycles. The number of amides is 1. The molecule has 4 heterocycles. The molecule has 1 N–H and O–H groups in total. The lowest BCUT2D eigenvalue weighted by Crippen LogP contribution is -2.50. The number of nitrogens with one attached hydrogen (secondary N) is 1. The molecule has 1 aliphatic heterocycles. The first-order valence-electron chi connectivity index (χ1n) is 10.3. The van der Waals surface area contributed by atoms with Crippen LogP contribution in [-0.4, -0.2) is 69.0 Å². The van der Waals surface area contributed by atoms with E-state index in [1.165, 1.54) is 0 Å². The molecule has 0 unspecified atom stereocenters. The van der Waals surface area contributed by atoms with E-state index in [2.05, 4.69) is 25.9 Å². The van der Waals surface area contributed by atoms with Crippen LogP contribution < -0.4 is 4.90 Å². The third-order valence-electron chi connectivity index (χ3n) is 6.08. The number of aromatic amines is 1. The number of pyridine rings is 1. The van der Waals surface area contributed by atoms with Crippen LogP contribution >= 0.6 is 0 Å². The van der Waals surface area contributed by atoms with E-state index in [9.17, 15) is 9.18 Å². The Hall–Kier alpha value is -3.10. The second-order valence-corrected chi connectivity index (χ2v) is 8.11. The van der Waals surface area contributed by atoms with Gasteiger partial charge in [0.2, 0.25) is 0 Å². The summed E-state index contributed by atoms with van der Waals surface area (Å²) in [6.07, 6.45) is 3.03. The monoisotopic (exact) mass is 412 g/mol. The number of piperazine rings is 1. The molecule has 9 heteroatoms. The van der Waals surface area contributed by atoms with E-state index in [0.717, 1.165) is 33.9 Å². The Bertz CT molecular complexity index is 1060. The number of aryl methyl sites for hydroxylation is 2. The number of carbonyl (C=O) groups excluding carboxylic acids is 1. The summed E-state index contributed by atoms with van der Waals surface area (Å²) < 4.78 is 20.3. The first-order chi connectivity index (χ1) is 14.5. The minimum atomic E-state index is -0.824. The Morgan fingerprint density at radius 2 is 2.03 bits per heavy atom. The van der Waals surface area contributed by atoms with Gasteiger partial charge in [-0.3, -0.25) is 0 Å². The molecule has 3 aromatic heterocycles. The summed E-state index contributed by atoms with van der Waals surface area (Å²) in [6.45, 7) is 4.53. The Morgan fingerprint density at radius 3 is 2.70 bits per heavy atom. The maximum Gasteiger partial charge on any atom is 0.410 e. The molecule has 1 saturated carbocycles. The van der Waals surface area contributed by atoms with Crippen LogP contribution in [0.5, 0.6) is 0 Å². The molecule has 2 aliphatic rings. The molecule has 0 radical (unpaired) electrons. The molecule has 2 fully saturated rings. The number of imidazole rings is 1. The van der Waals surface area contributed by atoms with Crippen LogP contribution in [0.1, 0.15) is 18.7 Å². The largest absolute Gasteiger partial charge is 0.446 e. The summed E-state index contributed by atoms with van der Waals surface area (Å²) in [6, 6.07) is 4.09. The van der Waals surface area contributed by atoms with Crippen LogP contribution in [0.25, 0.3) is 22.4 Å². The average Bonchev–Trinajstić information content (AvgIpc) is 3.30. The Labute approximate surface area is 173 Å². The predicted octanol–water partition coefficient (Wildman–Crippen LogP) is 3.03. The van der Waals surface area contributed by atoms with Crippen molar-refractivity contribution in [2.24, 2.45) is 7.05 Å². The number of hydrogen-bond donors (Lipinski definition) is 1. The molecule has 0 bridgehead atoms. The zero-order valence-electron chi connectivity index (χ0n) is 17.1. The van der Waals surface area contributed by atoms with Gasteiger partial charge in [-0.25, -0.2) is 19.2 Å². The zero-order chi connectivity index (χ0) is 20.8. The van der Waals surface area contributed by atoms with Gasteiger partial charge in [0.25, 0.3) is 0 Å². The molecule has 1 amide bonds. The summed E-state index contributed by atoms with van der Waals surface area (Å²) in [7, 11) is 1.98. The molecule has 3 aromatic rings. The van der Waals surface area contributed by atoms with Crippen molar-refractivity contribution < 1.29 is 13.9 Å². The van der Waals surface area contributed by atoms with Crippen molar-refractivity contribution in [3.63, 3.8) is 0 Å². The standard InChI is InChI=1S/C21H25FN6O2/c1-13-24-18(12-26(13)2)17-11-16-19(3-4-23-20(16)25-17)27-5-7-28(8-6-27)21(29)30-15-9-14(22)10-15/h3-4,11-12,14-15H,5-10H2,1-2H3,(H,23,25). The van der Waals surface area contributed by atoms with E-state index in [0.29, 0.717) is 39.0 Å². The molecule has 0 atom stereocenters. The number of aromatic nitrogens is 4. The molecule has 158 valence electrons. The number of hydrogen-bond acceptors (Lipinski definition) is 5. The highest BCUT2D eigenvalue weighted by molar-refractivity contribution is 5.93. The van der Waals surface area contributed by atoms with Gasteiger partial charge in [-0.1, -0.05) is 0 Å². The summed E-state index contributed by atoms with van der Waals surface area (Å²) in [5.74, 6) is 0.948. The number of H-pyrrole nitrogens is 1. The van der Waals surface area contributed by atoms with Crippen LogP contribution in [0.15, 0.2) is 24.5 Å². The predicted molar refractivity (Wildman–Crippen MR) is 111 cm³/mol. The summed E-state index contributed by atoms with van der Waals surface area (Å²) >= 11 is 0. The van der Waals surface area contributed by atoms with Gasteiger partial charge in [0, 0.05) is 69.5 Å². The van der Waals surface area contributed by atoms with E-state index in [4.69, 9.17) is 4.74 Å². The van der Waals surface area contributed by atoms with Crippen molar-refractivity contribution in [3.05, 3.63) is 30.4 Å². The van der Waals surface area contributed by atoms with Gasteiger partial charge >= 0.3 is 6.09 Å². The van der Waals surface area contributed by atoms with Gasteiger partial charge in [-0.05, 0) is 19.1 Å². The first kappa shape index (κ1) is 18.9. The van der Waals surface area contributed by atoms with E-state index in [1.807, 2.05) is 30.8 Å². The fourth-order valence-electron chi connectivity index (χ4n) is 4.06. The van der Waals surface area contributed by atoms with Crippen LogP contribution in [0.4, 0.5) is 14.9 Å². The summed E-state index contributed by atoms with van der Waals surface area (Å²) in [5, 5.41) is 1.04.